The van der Waals surface area contributed by atoms with Gasteiger partial charge in [0.15, 0.2) is 0 Å². The van der Waals surface area contributed by atoms with Gasteiger partial charge in [0.1, 0.15) is 12.4 Å². The van der Waals surface area contributed by atoms with Crippen LogP contribution in [-0.2, 0) is 4.74 Å². The molecule has 0 heterocycles. The van der Waals surface area contributed by atoms with Crippen molar-refractivity contribution >= 4 is 5.69 Å². The summed E-state index contributed by atoms with van der Waals surface area (Å²) in [6.45, 7) is 8.26. The Morgan fingerprint density at radius 2 is 2.05 bits per heavy atom. The van der Waals surface area contributed by atoms with Gasteiger partial charge in [-0.25, -0.2) is 0 Å². The maximum atomic E-state index is 5.65. The maximum Gasteiger partial charge on any atom is 0.121 e. The molecule has 1 fully saturated rings. The van der Waals surface area contributed by atoms with Crippen LogP contribution in [0, 0.1) is 11.3 Å². The highest BCUT2D eigenvalue weighted by Crippen LogP contribution is 2.42. The van der Waals surface area contributed by atoms with E-state index in [1.54, 1.807) is 7.11 Å². The third-order valence-corrected chi connectivity index (χ3v) is 4.08. The van der Waals surface area contributed by atoms with E-state index in [9.17, 15) is 0 Å². The molecule has 0 saturated heterocycles. The van der Waals surface area contributed by atoms with Crippen LogP contribution in [-0.4, -0.2) is 26.4 Å². The zero-order valence-corrected chi connectivity index (χ0v) is 13.1. The average Bonchev–Trinajstić information content (AvgIpc) is 2.63. The lowest BCUT2D eigenvalue weighted by Gasteiger charge is -2.20. The topological polar surface area (TPSA) is 30.5 Å². The Labute approximate surface area is 122 Å². The number of anilines is 1. The fourth-order valence-electron chi connectivity index (χ4n) is 3.22. The van der Waals surface area contributed by atoms with Crippen molar-refractivity contribution in [3.63, 3.8) is 0 Å². The number of nitrogens with one attached hydrogen (secondary N) is 1. The van der Waals surface area contributed by atoms with Crippen molar-refractivity contribution in [3.05, 3.63) is 24.3 Å². The molecule has 3 heteroatoms. The van der Waals surface area contributed by atoms with Gasteiger partial charge in [0.25, 0.3) is 0 Å². The summed E-state index contributed by atoms with van der Waals surface area (Å²) in [5.74, 6) is 1.61. The van der Waals surface area contributed by atoms with Crippen LogP contribution < -0.4 is 10.1 Å². The molecule has 0 spiro atoms. The molecule has 1 N–H and O–H groups in total. The minimum absolute atomic E-state index is 0.448. The first-order chi connectivity index (χ1) is 9.50. The summed E-state index contributed by atoms with van der Waals surface area (Å²) in [6.07, 6.45) is 2.51. The van der Waals surface area contributed by atoms with Crippen molar-refractivity contribution < 1.29 is 9.47 Å². The highest BCUT2D eigenvalue weighted by Gasteiger charge is 2.36. The Kier molecular flexibility index (Phi) is 4.92. The average molecular weight is 277 g/mol. The van der Waals surface area contributed by atoms with E-state index in [-0.39, 0.29) is 0 Å². The third kappa shape index (κ3) is 4.14. The van der Waals surface area contributed by atoms with Gasteiger partial charge in [-0.2, -0.15) is 0 Å². The zero-order chi connectivity index (χ0) is 14.6. The van der Waals surface area contributed by atoms with Crippen LogP contribution in [0.5, 0.6) is 5.75 Å². The lowest BCUT2D eigenvalue weighted by Crippen LogP contribution is -2.22. The number of hydrogen-bond donors (Lipinski definition) is 1. The molecular weight excluding hydrogens is 250 g/mol. The molecule has 1 aromatic carbocycles. The third-order valence-electron chi connectivity index (χ3n) is 4.08. The zero-order valence-electron chi connectivity index (χ0n) is 13.1. The van der Waals surface area contributed by atoms with Gasteiger partial charge in [-0.1, -0.05) is 26.8 Å². The Hall–Kier alpha value is -1.22. The van der Waals surface area contributed by atoms with Crippen molar-refractivity contribution in [2.75, 3.05) is 25.6 Å². The fraction of sp³-hybridized carbons (Fsp3) is 0.647. The van der Waals surface area contributed by atoms with E-state index in [1.165, 1.54) is 12.8 Å². The van der Waals surface area contributed by atoms with E-state index in [2.05, 4.69) is 38.2 Å². The summed E-state index contributed by atoms with van der Waals surface area (Å²) in [4.78, 5) is 0. The van der Waals surface area contributed by atoms with Gasteiger partial charge < -0.3 is 14.8 Å². The molecule has 3 nitrogen and oxygen atoms in total. The first kappa shape index (κ1) is 15.2. The van der Waals surface area contributed by atoms with Crippen LogP contribution in [0.1, 0.15) is 33.6 Å². The van der Waals surface area contributed by atoms with E-state index in [1.807, 2.05) is 12.1 Å². The summed E-state index contributed by atoms with van der Waals surface area (Å²) in [6, 6.07) is 8.77. The van der Waals surface area contributed by atoms with Crippen molar-refractivity contribution in [2.45, 2.75) is 39.7 Å². The van der Waals surface area contributed by atoms with Crippen LogP contribution in [0.25, 0.3) is 0 Å². The lowest BCUT2D eigenvalue weighted by molar-refractivity contribution is 0.146. The highest BCUT2D eigenvalue weighted by atomic mass is 16.5. The largest absolute Gasteiger partial charge is 0.491 e. The van der Waals surface area contributed by atoms with Gasteiger partial charge in [0.05, 0.1) is 6.61 Å². The smallest absolute Gasteiger partial charge is 0.121 e. The number of hydrogen-bond acceptors (Lipinski definition) is 3. The molecule has 1 aliphatic carbocycles. The summed E-state index contributed by atoms with van der Waals surface area (Å²) < 4.78 is 10.7. The van der Waals surface area contributed by atoms with Gasteiger partial charge in [0, 0.05) is 24.9 Å². The molecule has 1 aliphatic rings. The summed E-state index contributed by atoms with van der Waals surface area (Å²) in [5.41, 5.74) is 1.60. The van der Waals surface area contributed by atoms with Crippen LogP contribution in [0.3, 0.4) is 0 Å². The minimum Gasteiger partial charge on any atom is -0.491 e. The van der Waals surface area contributed by atoms with Crippen molar-refractivity contribution in [2.24, 2.45) is 11.3 Å². The molecule has 1 aromatic rings. The summed E-state index contributed by atoms with van der Waals surface area (Å²) in [5, 5.41) is 3.67. The predicted molar refractivity (Wildman–Crippen MR) is 83.4 cm³/mol. The fourth-order valence-corrected chi connectivity index (χ4v) is 3.22. The predicted octanol–water partition coefficient (Wildman–Crippen LogP) is 3.95. The first-order valence-corrected chi connectivity index (χ1v) is 7.48. The molecule has 112 valence electrons. The van der Waals surface area contributed by atoms with E-state index in [0.717, 1.165) is 11.4 Å². The van der Waals surface area contributed by atoms with Crippen molar-refractivity contribution in [1.29, 1.82) is 0 Å². The lowest BCUT2D eigenvalue weighted by atomic mass is 9.91. The van der Waals surface area contributed by atoms with E-state index in [4.69, 9.17) is 9.47 Å². The Morgan fingerprint density at radius 1 is 1.25 bits per heavy atom. The van der Waals surface area contributed by atoms with Gasteiger partial charge in [-0.3, -0.25) is 0 Å². The molecule has 0 bridgehead atoms. The highest BCUT2D eigenvalue weighted by molar-refractivity contribution is 5.49. The molecule has 2 unspecified atom stereocenters. The molecule has 0 radical (unpaired) electrons. The molecular formula is C17H27NO2. The molecule has 2 atom stereocenters. The van der Waals surface area contributed by atoms with Crippen LogP contribution in [0.15, 0.2) is 24.3 Å². The number of methoxy groups -OCH3 is 1. The van der Waals surface area contributed by atoms with Crippen molar-refractivity contribution in [3.8, 4) is 5.75 Å². The number of benzene rings is 1. The van der Waals surface area contributed by atoms with Crippen molar-refractivity contribution in [1.82, 2.24) is 0 Å². The Balaban J connectivity index is 1.94. The number of ether oxygens (including phenoxy) is 2. The van der Waals surface area contributed by atoms with Gasteiger partial charge in [-0.05, 0) is 36.3 Å². The van der Waals surface area contributed by atoms with E-state index in [0.29, 0.717) is 30.6 Å². The maximum absolute atomic E-state index is 5.65. The first-order valence-electron chi connectivity index (χ1n) is 7.48. The Bertz CT molecular complexity index is 431. The van der Waals surface area contributed by atoms with Gasteiger partial charge in [-0.15, -0.1) is 0 Å². The summed E-state index contributed by atoms with van der Waals surface area (Å²) in [7, 11) is 1.69. The summed E-state index contributed by atoms with van der Waals surface area (Å²) >= 11 is 0. The standard InChI is InChI=1S/C17H27NO2/c1-13-11-17(2,3)12-16(13)18-14-6-5-7-15(10-14)20-9-8-19-4/h5-7,10,13,16,18H,8-9,11-12H2,1-4H3. The molecule has 2 rings (SSSR count). The second-order valence-corrected chi connectivity index (χ2v) is 6.67. The molecule has 0 amide bonds. The van der Waals surface area contributed by atoms with Gasteiger partial charge in [0.2, 0.25) is 0 Å². The monoisotopic (exact) mass is 277 g/mol. The number of rotatable bonds is 6. The van der Waals surface area contributed by atoms with Gasteiger partial charge >= 0.3 is 0 Å². The van der Waals surface area contributed by atoms with Crippen LogP contribution in [0.2, 0.25) is 0 Å². The molecule has 0 aliphatic heterocycles. The molecule has 1 saturated carbocycles. The minimum atomic E-state index is 0.448. The quantitative estimate of drug-likeness (QED) is 0.799. The SMILES string of the molecule is COCCOc1cccc(NC2CC(C)(C)CC2C)c1. The second kappa shape index (κ2) is 6.49. The molecule has 20 heavy (non-hydrogen) atoms. The van der Waals surface area contributed by atoms with Crippen LogP contribution in [0.4, 0.5) is 5.69 Å². The van der Waals surface area contributed by atoms with Crippen LogP contribution >= 0.6 is 0 Å². The van der Waals surface area contributed by atoms with E-state index < -0.39 is 0 Å². The normalized spacial score (nSPS) is 24.6. The second-order valence-electron chi connectivity index (χ2n) is 6.67. The molecule has 0 aromatic heterocycles. The Morgan fingerprint density at radius 3 is 2.70 bits per heavy atom. The van der Waals surface area contributed by atoms with E-state index >= 15 is 0 Å².